The summed E-state index contributed by atoms with van der Waals surface area (Å²) in [5.41, 5.74) is 1.52. The first kappa shape index (κ1) is 39.0. The van der Waals surface area contributed by atoms with Gasteiger partial charge in [0.25, 0.3) is 6.01 Å². The van der Waals surface area contributed by atoms with Crippen molar-refractivity contribution in [2.24, 2.45) is 16.7 Å². The molecule has 0 radical (unpaired) electrons. The summed E-state index contributed by atoms with van der Waals surface area (Å²) >= 11 is 0. The van der Waals surface area contributed by atoms with E-state index in [-0.39, 0.29) is 42.4 Å². The van der Waals surface area contributed by atoms with Gasteiger partial charge in [-0.25, -0.2) is 12.8 Å². The number of benzene rings is 2. The molecule has 11 nitrogen and oxygen atoms in total. The molecule has 13 heteroatoms. The van der Waals surface area contributed by atoms with Crippen molar-refractivity contribution < 1.29 is 31.9 Å². The minimum Gasteiger partial charge on any atom is -0.459 e. The van der Waals surface area contributed by atoms with Gasteiger partial charge in [-0.15, -0.1) is 0 Å². The van der Waals surface area contributed by atoms with Crippen LogP contribution in [0, 0.1) is 29.5 Å². The summed E-state index contributed by atoms with van der Waals surface area (Å²) in [6, 6.07) is 11.1. The molecule has 0 unspecified atom stereocenters. The number of ketones is 1. The highest BCUT2D eigenvalue weighted by atomic mass is 32.2. The molecule has 296 valence electrons. The molecule has 7 rings (SSSR count). The number of carbonyl (C=O) groups excluding carboxylic acids is 3. The summed E-state index contributed by atoms with van der Waals surface area (Å²) < 4.78 is 51.0. The molecule has 0 spiro atoms. The fraction of sp³-hybridized carbons (Fsp3) is 0.571. The van der Waals surface area contributed by atoms with Gasteiger partial charge in [-0.2, -0.15) is 4.98 Å². The molecule has 4 aliphatic rings. The highest BCUT2D eigenvalue weighted by Gasteiger charge is 2.62. The summed E-state index contributed by atoms with van der Waals surface area (Å²) in [4.78, 5) is 49.8. The number of Topliss-reactive ketones (excluding diaryl/α,β-unsaturated/α-hetero) is 1. The Morgan fingerprint density at radius 3 is 2.58 bits per heavy atom. The number of halogens is 1. The van der Waals surface area contributed by atoms with E-state index < -0.39 is 50.1 Å². The van der Waals surface area contributed by atoms with Crippen LogP contribution in [0.2, 0.25) is 0 Å². The maximum absolute atomic E-state index is 14.8. The van der Waals surface area contributed by atoms with Gasteiger partial charge in [0.1, 0.15) is 18.0 Å². The van der Waals surface area contributed by atoms with E-state index >= 15 is 0 Å². The standard InChI is InChI=1S/C42H54FN5O6S/c1-27-19-29(43)21-30(20-27)44-33-15-10-8-6-7-9-13-28-23-42(28,38(51)46-55(52,53)41(5)17-18-41)24-36(49)35-22-31(25-47(35)37(33)50)54-39-45-32-14-11-12-16-34(32)48(39)26-40(2,3)4/h9,11-14,16,19-21,28,31,33,35,44H,6-8,10,15,17-18,22-26H2,1-5H3,(H,46,51)/b13-9-/t28-,31+,33-,35-,42+/m0/s1. The highest BCUT2D eigenvalue weighted by molar-refractivity contribution is 7.91. The molecule has 2 N–H and O–H groups in total. The Labute approximate surface area is 323 Å². The van der Waals surface area contributed by atoms with Crippen molar-refractivity contribution in [3.05, 3.63) is 66.0 Å². The number of carbonyl (C=O) groups is 3. The predicted octanol–water partition coefficient (Wildman–Crippen LogP) is 6.84. The average molecular weight is 776 g/mol. The van der Waals surface area contributed by atoms with Crippen LogP contribution in [0.25, 0.3) is 11.0 Å². The first-order valence-corrected chi connectivity index (χ1v) is 21.2. The number of aromatic nitrogens is 2. The summed E-state index contributed by atoms with van der Waals surface area (Å²) in [5.74, 6) is -2.01. The van der Waals surface area contributed by atoms with E-state index in [1.54, 1.807) is 24.8 Å². The van der Waals surface area contributed by atoms with Crippen LogP contribution in [0.3, 0.4) is 0 Å². The number of nitrogens with one attached hydrogen (secondary N) is 2. The van der Waals surface area contributed by atoms with Crippen LogP contribution < -0.4 is 14.8 Å². The van der Waals surface area contributed by atoms with Crippen molar-refractivity contribution >= 4 is 44.3 Å². The molecule has 1 aromatic heterocycles. The molecule has 3 aromatic rings. The monoisotopic (exact) mass is 775 g/mol. The molecular formula is C42H54FN5O6S. The van der Waals surface area contributed by atoms with Gasteiger partial charge in [0.15, 0.2) is 5.78 Å². The summed E-state index contributed by atoms with van der Waals surface area (Å²) in [6.07, 6.45) is 8.25. The Bertz CT molecular complexity index is 2100. The zero-order valence-corrected chi connectivity index (χ0v) is 33.4. The zero-order chi connectivity index (χ0) is 39.3. The molecule has 2 aliphatic carbocycles. The lowest BCUT2D eigenvalue weighted by Crippen LogP contribution is -2.49. The van der Waals surface area contributed by atoms with Crippen LogP contribution in [0.5, 0.6) is 6.01 Å². The van der Waals surface area contributed by atoms with Gasteiger partial charge in [0.05, 0.1) is 33.8 Å². The van der Waals surface area contributed by atoms with Crippen LogP contribution in [0.4, 0.5) is 10.1 Å². The third-order valence-corrected chi connectivity index (χ3v) is 13.9. The van der Waals surface area contributed by atoms with Crippen LogP contribution >= 0.6 is 0 Å². The Balaban J connectivity index is 1.22. The molecule has 3 heterocycles. The summed E-state index contributed by atoms with van der Waals surface area (Å²) in [7, 11) is -3.94. The number of hydrogen-bond acceptors (Lipinski definition) is 8. The lowest BCUT2D eigenvalue weighted by molar-refractivity contribution is -0.139. The van der Waals surface area contributed by atoms with Gasteiger partial charge >= 0.3 is 0 Å². The number of anilines is 1. The van der Waals surface area contributed by atoms with Gasteiger partial charge in [-0.05, 0) is 99.6 Å². The van der Waals surface area contributed by atoms with Crippen molar-refractivity contribution in [1.82, 2.24) is 19.2 Å². The summed E-state index contributed by atoms with van der Waals surface area (Å²) in [6.45, 7) is 10.5. The molecule has 2 amide bonds. The Hall–Kier alpha value is -4.26. The second-order valence-electron chi connectivity index (χ2n) is 17.8. The van der Waals surface area contributed by atoms with Crippen molar-refractivity contribution in [2.75, 3.05) is 11.9 Å². The highest BCUT2D eigenvalue weighted by Crippen LogP contribution is 2.57. The number of nitrogens with zero attached hydrogens (tertiary/aromatic N) is 3. The molecule has 2 aliphatic heterocycles. The number of hydrogen-bond donors (Lipinski definition) is 2. The third kappa shape index (κ3) is 8.32. The minimum atomic E-state index is -3.94. The zero-order valence-electron chi connectivity index (χ0n) is 32.6. The normalized spacial score (nSPS) is 27.7. The van der Waals surface area contributed by atoms with Gasteiger partial charge in [-0.1, -0.05) is 57.9 Å². The Kier molecular flexibility index (Phi) is 10.4. The fourth-order valence-corrected chi connectivity index (χ4v) is 9.56. The number of imidazole rings is 1. The van der Waals surface area contributed by atoms with Gasteiger partial charge < -0.3 is 15.0 Å². The molecular weight excluding hydrogens is 722 g/mol. The largest absolute Gasteiger partial charge is 0.459 e. The van der Waals surface area contributed by atoms with Crippen molar-refractivity contribution in [2.45, 2.75) is 128 Å². The molecule has 2 aromatic carbocycles. The molecule has 5 atom stereocenters. The quantitative estimate of drug-likeness (QED) is 0.237. The number of ether oxygens (including phenoxy) is 1. The van der Waals surface area contributed by atoms with E-state index in [1.165, 1.54) is 12.1 Å². The second-order valence-corrected chi connectivity index (χ2v) is 20.0. The number of fused-ring (bicyclic) bond motifs is 3. The van der Waals surface area contributed by atoms with E-state index in [9.17, 15) is 27.2 Å². The van der Waals surface area contributed by atoms with E-state index in [2.05, 4.69) is 30.8 Å². The summed E-state index contributed by atoms with van der Waals surface area (Å²) in [5, 5.41) is 3.29. The molecule has 1 saturated heterocycles. The first-order chi connectivity index (χ1) is 26.0. The number of rotatable bonds is 8. The average Bonchev–Trinajstić information content (AvgIpc) is 3.94. The van der Waals surface area contributed by atoms with Crippen LogP contribution in [0.1, 0.15) is 97.5 Å². The topological polar surface area (TPSA) is 140 Å². The van der Waals surface area contributed by atoms with Crippen LogP contribution in [-0.4, -0.2) is 69.9 Å². The number of para-hydroxylation sites is 2. The number of sulfonamides is 1. The molecule has 0 bridgehead atoms. The van der Waals surface area contributed by atoms with Crippen LogP contribution in [0.15, 0.2) is 54.6 Å². The number of amides is 2. The molecule has 3 fully saturated rings. The van der Waals surface area contributed by atoms with Crippen molar-refractivity contribution in [1.29, 1.82) is 0 Å². The van der Waals surface area contributed by atoms with Gasteiger partial charge in [0, 0.05) is 25.1 Å². The van der Waals surface area contributed by atoms with E-state index in [4.69, 9.17) is 9.72 Å². The maximum Gasteiger partial charge on any atom is 0.297 e. The maximum atomic E-state index is 14.8. The Morgan fingerprint density at radius 1 is 1.09 bits per heavy atom. The number of aryl methyl sites for hydroxylation is 1. The lowest BCUT2D eigenvalue weighted by atomic mass is 9.91. The first-order valence-electron chi connectivity index (χ1n) is 19.7. The molecule has 2 saturated carbocycles. The SMILES string of the molecule is Cc1cc(F)cc(N[C@H]2CCCCC/C=C\[C@H]3C[C@@]3(C(=O)NS(=O)(=O)C3(C)CC3)CC(=O)[C@@H]3C[C@@H](Oc4nc5ccccc5n4CC(C)(C)C)CN3C2=O)c1. The Morgan fingerprint density at radius 2 is 1.85 bits per heavy atom. The van der Waals surface area contributed by atoms with Gasteiger partial charge in [-0.3, -0.25) is 23.7 Å². The fourth-order valence-electron chi connectivity index (χ4n) is 8.23. The van der Waals surface area contributed by atoms with Gasteiger partial charge in [0.2, 0.25) is 21.8 Å². The smallest absolute Gasteiger partial charge is 0.297 e. The third-order valence-electron chi connectivity index (χ3n) is 11.8. The minimum absolute atomic E-state index is 0.101. The van der Waals surface area contributed by atoms with E-state index in [0.717, 1.165) is 36.7 Å². The lowest BCUT2D eigenvalue weighted by Gasteiger charge is -2.30. The van der Waals surface area contributed by atoms with Crippen molar-refractivity contribution in [3.63, 3.8) is 0 Å². The van der Waals surface area contributed by atoms with Crippen LogP contribution in [-0.2, 0) is 31.0 Å². The predicted molar refractivity (Wildman–Crippen MR) is 209 cm³/mol. The second kappa shape index (κ2) is 14.7. The number of allylic oxidation sites excluding steroid dienone is 2. The van der Waals surface area contributed by atoms with Crippen molar-refractivity contribution in [3.8, 4) is 6.01 Å². The van der Waals surface area contributed by atoms with E-state index in [1.807, 2.05) is 41.0 Å². The van der Waals surface area contributed by atoms with E-state index in [0.29, 0.717) is 49.5 Å². The molecule has 55 heavy (non-hydrogen) atoms.